The van der Waals surface area contributed by atoms with Crippen LogP contribution >= 0.6 is 15.9 Å². The van der Waals surface area contributed by atoms with Crippen LogP contribution in [0.5, 0.6) is 0 Å². The predicted molar refractivity (Wildman–Crippen MR) is 89.1 cm³/mol. The third-order valence-electron chi connectivity index (χ3n) is 3.47. The first kappa shape index (κ1) is 15.6. The second-order valence-electron chi connectivity index (χ2n) is 6.03. The van der Waals surface area contributed by atoms with Crippen molar-refractivity contribution in [3.05, 3.63) is 57.6 Å². The highest BCUT2D eigenvalue weighted by atomic mass is 79.9. The molecule has 0 amide bonds. The van der Waals surface area contributed by atoms with Gasteiger partial charge < -0.3 is 0 Å². The topological polar surface area (TPSA) is 34.1 Å². The van der Waals surface area contributed by atoms with E-state index in [1.807, 2.05) is 12.1 Å². The molecule has 0 aliphatic rings. The van der Waals surface area contributed by atoms with Crippen LogP contribution in [0.1, 0.15) is 47.1 Å². The molecule has 0 atom stereocenters. The zero-order valence-electron chi connectivity index (χ0n) is 12.3. The first-order valence-electron chi connectivity index (χ1n) is 6.71. The van der Waals surface area contributed by atoms with Crippen LogP contribution < -0.4 is 0 Å². The average molecular weight is 345 g/mol. The van der Waals surface area contributed by atoms with Crippen molar-refractivity contribution in [3.63, 3.8) is 0 Å². The molecule has 0 spiro atoms. The number of hydrogen-bond acceptors (Lipinski definition) is 2. The van der Waals surface area contributed by atoms with E-state index in [1.165, 1.54) is 5.56 Å². The molecule has 2 rings (SSSR count). The quantitative estimate of drug-likeness (QED) is 0.731. The highest BCUT2D eigenvalue weighted by Gasteiger charge is 2.14. The van der Waals surface area contributed by atoms with Crippen LogP contribution in [0.3, 0.4) is 0 Å². The van der Waals surface area contributed by atoms with Crippen molar-refractivity contribution in [2.24, 2.45) is 0 Å². The zero-order valence-corrected chi connectivity index (χ0v) is 13.9. The first-order chi connectivity index (χ1) is 9.86. The maximum absolute atomic E-state index is 11.1. The van der Waals surface area contributed by atoms with Gasteiger partial charge in [-0.1, -0.05) is 45.0 Å². The average Bonchev–Trinajstić information content (AvgIpc) is 2.47. The number of aldehydes is 2. The van der Waals surface area contributed by atoms with Gasteiger partial charge in [-0.05, 0) is 50.2 Å². The van der Waals surface area contributed by atoms with Crippen molar-refractivity contribution >= 4 is 28.5 Å². The van der Waals surface area contributed by atoms with Crippen LogP contribution in [0.15, 0.2) is 40.9 Å². The summed E-state index contributed by atoms with van der Waals surface area (Å²) in [5, 5.41) is 0. The van der Waals surface area contributed by atoms with Gasteiger partial charge in [0.15, 0.2) is 12.6 Å². The molecule has 0 fully saturated rings. The Labute approximate surface area is 133 Å². The van der Waals surface area contributed by atoms with Crippen molar-refractivity contribution in [2.75, 3.05) is 0 Å². The van der Waals surface area contributed by atoms with Crippen molar-refractivity contribution in [2.45, 2.75) is 26.2 Å². The normalized spacial score (nSPS) is 11.2. The Morgan fingerprint density at radius 2 is 1.33 bits per heavy atom. The van der Waals surface area contributed by atoms with Crippen LogP contribution in [0.25, 0.3) is 11.1 Å². The molecule has 0 unspecified atom stereocenters. The van der Waals surface area contributed by atoms with Gasteiger partial charge >= 0.3 is 0 Å². The molecule has 21 heavy (non-hydrogen) atoms. The summed E-state index contributed by atoms with van der Waals surface area (Å²) in [6.07, 6.45) is 1.51. The van der Waals surface area contributed by atoms with Gasteiger partial charge in [-0.25, -0.2) is 0 Å². The first-order valence-corrected chi connectivity index (χ1v) is 7.51. The summed E-state index contributed by atoms with van der Waals surface area (Å²) in [5.41, 5.74) is 4.16. The highest BCUT2D eigenvalue weighted by molar-refractivity contribution is 9.10. The number of benzene rings is 2. The smallest absolute Gasteiger partial charge is 0.151 e. The summed E-state index contributed by atoms with van der Waals surface area (Å²) in [6.45, 7) is 6.49. The van der Waals surface area contributed by atoms with Crippen LogP contribution in [0.2, 0.25) is 0 Å². The van der Waals surface area contributed by atoms with Crippen LogP contribution in [0.4, 0.5) is 0 Å². The Hall–Kier alpha value is -1.74. The Bertz CT molecular complexity index is 650. The molecule has 2 aromatic carbocycles. The SMILES string of the molecule is CC(C)(C)c1ccc(-c2cc(C=O)c(Br)c(C=O)c2)cc1. The van der Waals surface area contributed by atoms with E-state index in [9.17, 15) is 9.59 Å². The Morgan fingerprint density at radius 1 is 0.857 bits per heavy atom. The van der Waals surface area contributed by atoms with Gasteiger partial charge in [-0.3, -0.25) is 9.59 Å². The summed E-state index contributed by atoms with van der Waals surface area (Å²) in [4.78, 5) is 22.2. The third kappa shape index (κ3) is 3.30. The van der Waals surface area contributed by atoms with E-state index in [0.29, 0.717) is 15.6 Å². The minimum Gasteiger partial charge on any atom is -0.298 e. The lowest BCUT2D eigenvalue weighted by Crippen LogP contribution is -2.10. The second kappa shape index (κ2) is 5.94. The molecular weight excluding hydrogens is 328 g/mol. The Kier molecular flexibility index (Phi) is 4.43. The van der Waals surface area contributed by atoms with Crippen molar-refractivity contribution < 1.29 is 9.59 Å². The molecule has 0 radical (unpaired) electrons. The number of rotatable bonds is 3. The lowest BCUT2D eigenvalue weighted by molar-refractivity contribution is 0.112. The van der Waals surface area contributed by atoms with Gasteiger partial charge in [-0.15, -0.1) is 0 Å². The summed E-state index contributed by atoms with van der Waals surface area (Å²) >= 11 is 3.28. The van der Waals surface area contributed by atoms with Crippen molar-refractivity contribution in [1.29, 1.82) is 0 Å². The summed E-state index contributed by atoms with van der Waals surface area (Å²) in [6, 6.07) is 11.8. The largest absolute Gasteiger partial charge is 0.298 e. The Morgan fingerprint density at radius 3 is 1.71 bits per heavy atom. The lowest BCUT2D eigenvalue weighted by atomic mass is 9.86. The monoisotopic (exact) mass is 344 g/mol. The van der Waals surface area contributed by atoms with Gasteiger partial charge in [0.2, 0.25) is 0 Å². The maximum Gasteiger partial charge on any atom is 0.151 e. The summed E-state index contributed by atoms with van der Waals surface area (Å²) in [5.74, 6) is 0. The van der Waals surface area contributed by atoms with E-state index < -0.39 is 0 Å². The van der Waals surface area contributed by atoms with E-state index in [2.05, 4.69) is 48.8 Å². The molecule has 0 N–H and O–H groups in total. The van der Waals surface area contributed by atoms with Gasteiger partial charge in [0.05, 0.1) is 0 Å². The van der Waals surface area contributed by atoms with Gasteiger partial charge in [0.25, 0.3) is 0 Å². The van der Waals surface area contributed by atoms with E-state index in [4.69, 9.17) is 0 Å². The zero-order chi connectivity index (χ0) is 15.6. The van der Waals surface area contributed by atoms with E-state index >= 15 is 0 Å². The maximum atomic E-state index is 11.1. The number of carbonyl (C=O) groups is 2. The standard InChI is InChI=1S/C18H17BrO2/c1-18(2,3)16-6-4-12(5-7-16)13-8-14(10-20)17(19)15(9-13)11-21/h4-11H,1-3H3. The van der Waals surface area contributed by atoms with Gasteiger partial charge in [-0.2, -0.15) is 0 Å². The molecule has 0 saturated carbocycles. The molecular formula is C18H17BrO2. The molecule has 108 valence electrons. The predicted octanol–water partition coefficient (Wildman–Crippen LogP) is 5.04. The van der Waals surface area contributed by atoms with Crippen LogP contribution in [-0.4, -0.2) is 12.6 Å². The number of hydrogen-bond donors (Lipinski definition) is 0. The number of carbonyl (C=O) groups excluding carboxylic acids is 2. The molecule has 0 saturated heterocycles. The van der Waals surface area contributed by atoms with Crippen molar-refractivity contribution in [1.82, 2.24) is 0 Å². The van der Waals surface area contributed by atoms with Gasteiger partial charge in [0.1, 0.15) is 0 Å². The summed E-state index contributed by atoms with van der Waals surface area (Å²) in [7, 11) is 0. The summed E-state index contributed by atoms with van der Waals surface area (Å²) < 4.78 is 0.544. The molecule has 0 aromatic heterocycles. The van der Waals surface area contributed by atoms with E-state index in [0.717, 1.165) is 23.7 Å². The number of halogens is 1. The van der Waals surface area contributed by atoms with Crippen molar-refractivity contribution in [3.8, 4) is 11.1 Å². The van der Waals surface area contributed by atoms with Gasteiger partial charge in [0, 0.05) is 15.6 Å². The van der Waals surface area contributed by atoms with Crippen LogP contribution in [-0.2, 0) is 5.41 Å². The third-order valence-corrected chi connectivity index (χ3v) is 4.38. The molecule has 3 heteroatoms. The minimum atomic E-state index is 0.0974. The molecule has 0 aliphatic carbocycles. The molecule has 2 aromatic rings. The molecule has 0 bridgehead atoms. The Balaban J connectivity index is 2.52. The molecule has 0 aliphatic heterocycles. The minimum absolute atomic E-state index is 0.0974. The van der Waals surface area contributed by atoms with E-state index in [-0.39, 0.29) is 5.41 Å². The highest BCUT2D eigenvalue weighted by Crippen LogP contribution is 2.30. The molecule has 2 nitrogen and oxygen atoms in total. The molecule has 0 heterocycles. The van der Waals surface area contributed by atoms with E-state index in [1.54, 1.807) is 12.1 Å². The second-order valence-corrected chi connectivity index (χ2v) is 6.82. The van der Waals surface area contributed by atoms with Crippen LogP contribution in [0, 0.1) is 0 Å². The fraction of sp³-hybridized carbons (Fsp3) is 0.222. The fourth-order valence-electron chi connectivity index (χ4n) is 2.17. The fourth-order valence-corrected chi connectivity index (χ4v) is 2.59. The lowest BCUT2D eigenvalue weighted by Gasteiger charge is -2.19.